The van der Waals surface area contributed by atoms with Gasteiger partial charge in [0.2, 0.25) is 23.6 Å². The number of aliphatic carboxylic acids is 1. The minimum Gasteiger partial charge on any atom is -0.508 e. The highest BCUT2D eigenvalue weighted by Crippen LogP contribution is 2.12. The van der Waals surface area contributed by atoms with Crippen LogP contribution in [0.1, 0.15) is 51.5 Å². The second-order valence-electron chi connectivity index (χ2n) is 10.1. The quantitative estimate of drug-likeness (QED) is 0.0533. The number of hydrogen-bond acceptors (Lipinski definition) is 8. The molecule has 1 aromatic rings. The van der Waals surface area contributed by atoms with Gasteiger partial charge in [-0.05, 0) is 49.3 Å². The van der Waals surface area contributed by atoms with Crippen molar-refractivity contribution in [2.45, 2.75) is 76.5 Å². The SMILES string of the molecule is CC(C)CC(NC(=O)C(N)CCCN=C(N)N)C(=O)NC(CCC(N)=O)C(=O)NC(Cc1ccc(O)cc1)C(=O)O. The summed E-state index contributed by atoms with van der Waals surface area (Å²) < 4.78 is 0. The molecule has 0 aliphatic rings. The molecule has 15 nitrogen and oxygen atoms in total. The average Bonchev–Trinajstić information content (AvgIpc) is 2.88. The summed E-state index contributed by atoms with van der Waals surface area (Å²) in [5.74, 6) is -4.33. The van der Waals surface area contributed by atoms with Crippen LogP contribution < -0.4 is 38.9 Å². The van der Waals surface area contributed by atoms with Crippen LogP contribution in [0.25, 0.3) is 0 Å². The van der Waals surface area contributed by atoms with Crippen molar-refractivity contribution in [3.05, 3.63) is 29.8 Å². The molecule has 1 rings (SSSR count). The Kier molecular flexibility index (Phi) is 14.6. The normalized spacial score (nSPS) is 13.8. The Morgan fingerprint density at radius 2 is 1.41 bits per heavy atom. The van der Waals surface area contributed by atoms with Gasteiger partial charge in [-0.15, -0.1) is 0 Å². The highest BCUT2D eigenvalue weighted by molar-refractivity contribution is 5.94. The Hall–Kier alpha value is -4.40. The van der Waals surface area contributed by atoms with Crippen LogP contribution in [-0.4, -0.2) is 76.5 Å². The number of aromatic hydroxyl groups is 1. The highest BCUT2D eigenvalue weighted by Gasteiger charge is 2.31. The van der Waals surface area contributed by atoms with E-state index in [1.54, 1.807) is 0 Å². The summed E-state index contributed by atoms with van der Waals surface area (Å²) in [6.07, 6.45) is 0.310. The number of nitrogens with two attached hydrogens (primary N) is 4. The molecule has 0 aliphatic heterocycles. The molecular formula is C26H42N8O7. The number of phenols is 1. The van der Waals surface area contributed by atoms with Crippen molar-refractivity contribution in [3.63, 3.8) is 0 Å². The molecule has 0 bridgehead atoms. The number of phenolic OH excluding ortho intramolecular Hbond substituents is 1. The minimum absolute atomic E-state index is 0.00571. The first kappa shape index (κ1) is 34.6. The zero-order valence-electron chi connectivity index (χ0n) is 23.3. The third kappa shape index (κ3) is 14.0. The number of carbonyl (C=O) groups excluding carboxylic acids is 4. The molecule has 0 saturated carbocycles. The Balaban J connectivity index is 3.00. The van der Waals surface area contributed by atoms with Gasteiger partial charge in [0.25, 0.3) is 0 Å². The van der Waals surface area contributed by atoms with Crippen molar-refractivity contribution >= 4 is 35.6 Å². The van der Waals surface area contributed by atoms with Crippen LogP contribution in [0.5, 0.6) is 5.75 Å². The van der Waals surface area contributed by atoms with Crippen LogP contribution in [0.3, 0.4) is 0 Å². The van der Waals surface area contributed by atoms with Crippen molar-refractivity contribution < 1.29 is 34.2 Å². The monoisotopic (exact) mass is 578 g/mol. The molecule has 4 unspecified atom stereocenters. The van der Waals surface area contributed by atoms with Crippen molar-refractivity contribution in [1.82, 2.24) is 16.0 Å². The number of nitrogens with one attached hydrogen (secondary N) is 3. The van der Waals surface area contributed by atoms with Gasteiger partial charge in [-0.1, -0.05) is 26.0 Å². The Morgan fingerprint density at radius 3 is 1.95 bits per heavy atom. The van der Waals surface area contributed by atoms with Gasteiger partial charge in [-0.25, -0.2) is 4.79 Å². The Morgan fingerprint density at radius 1 is 0.854 bits per heavy atom. The smallest absolute Gasteiger partial charge is 0.326 e. The summed E-state index contributed by atoms with van der Waals surface area (Å²) in [5, 5.41) is 26.6. The van der Waals surface area contributed by atoms with E-state index >= 15 is 0 Å². The summed E-state index contributed by atoms with van der Waals surface area (Å²) in [4.78, 5) is 66.1. The Bertz CT molecular complexity index is 1070. The van der Waals surface area contributed by atoms with Crippen LogP contribution in [0.4, 0.5) is 0 Å². The van der Waals surface area contributed by atoms with E-state index in [0.717, 1.165) is 0 Å². The number of aliphatic imine (C=N–C) groups is 1. The lowest BCUT2D eigenvalue weighted by atomic mass is 10.0. The number of primary amides is 1. The third-order valence-corrected chi connectivity index (χ3v) is 5.95. The number of carboxylic acid groups (broad SMARTS) is 1. The van der Waals surface area contributed by atoms with Gasteiger partial charge >= 0.3 is 5.97 Å². The molecule has 13 N–H and O–H groups in total. The van der Waals surface area contributed by atoms with Gasteiger partial charge in [0.1, 0.15) is 23.9 Å². The van der Waals surface area contributed by atoms with Crippen LogP contribution in [0.2, 0.25) is 0 Å². The van der Waals surface area contributed by atoms with Crippen LogP contribution in [0, 0.1) is 5.92 Å². The number of hydrogen-bond donors (Lipinski definition) is 9. The lowest BCUT2D eigenvalue weighted by Gasteiger charge is -2.26. The third-order valence-electron chi connectivity index (χ3n) is 5.95. The molecule has 41 heavy (non-hydrogen) atoms. The van der Waals surface area contributed by atoms with Crippen molar-refractivity contribution in [2.24, 2.45) is 33.8 Å². The van der Waals surface area contributed by atoms with Gasteiger partial charge in [0.15, 0.2) is 5.96 Å². The summed E-state index contributed by atoms with van der Waals surface area (Å²) >= 11 is 0. The molecule has 4 amide bonds. The molecule has 0 radical (unpaired) electrons. The molecule has 0 heterocycles. The van der Waals surface area contributed by atoms with Gasteiger partial charge < -0.3 is 49.1 Å². The number of carbonyl (C=O) groups is 5. The fourth-order valence-electron chi connectivity index (χ4n) is 3.80. The van der Waals surface area contributed by atoms with E-state index in [9.17, 15) is 34.2 Å². The van der Waals surface area contributed by atoms with Crippen molar-refractivity contribution in [3.8, 4) is 5.75 Å². The maximum Gasteiger partial charge on any atom is 0.326 e. The second-order valence-corrected chi connectivity index (χ2v) is 10.1. The van der Waals surface area contributed by atoms with E-state index in [2.05, 4.69) is 20.9 Å². The first-order valence-corrected chi connectivity index (χ1v) is 13.2. The lowest BCUT2D eigenvalue weighted by molar-refractivity contribution is -0.142. The van der Waals surface area contributed by atoms with Crippen LogP contribution >= 0.6 is 0 Å². The molecule has 0 aliphatic carbocycles. The predicted molar refractivity (Wildman–Crippen MR) is 151 cm³/mol. The molecule has 0 spiro atoms. The number of guanidine groups is 1. The molecule has 0 aromatic heterocycles. The first-order chi connectivity index (χ1) is 19.2. The second kappa shape index (κ2) is 17.3. The molecule has 0 fully saturated rings. The molecule has 0 saturated heterocycles. The maximum atomic E-state index is 13.2. The number of nitrogens with zero attached hydrogens (tertiary/aromatic N) is 1. The zero-order chi connectivity index (χ0) is 31.1. The van der Waals surface area contributed by atoms with Crippen LogP contribution in [0.15, 0.2) is 29.3 Å². The van der Waals surface area contributed by atoms with E-state index < -0.39 is 53.8 Å². The van der Waals surface area contributed by atoms with E-state index in [4.69, 9.17) is 22.9 Å². The standard InChI is InChI=1S/C26H42N8O7/c1-14(2)12-19(33-22(37)17(27)4-3-11-31-26(29)30)24(39)32-18(9-10-21(28)36)23(38)34-20(25(40)41)13-15-5-7-16(35)8-6-15/h5-8,14,17-20,35H,3-4,9-13,27H2,1-2H3,(H2,28,36)(H,32,39)(H,33,37)(H,34,38)(H,40,41)(H4,29,30,31). The van der Waals surface area contributed by atoms with Gasteiger partial charge in [-0.2, -0.15) is 0 Å². The average molecular weight is 579 g/mol. The number of carboxylic acids is 1. The van der Waals surface area contributed by atoms with E-state index in [1.165, 1.54) is 24.3 Å². The molecule has 15 heteroatoms. The van der Waals surface area contributed by atoms with Gasteiger partial charge in [0.05, 0.1) is 6.04 Å². The fraction of sp³-hybridized carbons (Fsp3) is 0.538. The predicted octanol–water partition coefficient (Wildman–Crippen LogP) is -1.83. The van der Waals surface area contributed by atoms with Gasteiger partial charge in [0, 0.05) is 19.4 Å². The lowest BCUT2D eigenvalue weighted by Crippen LogP contribution is -2.57. The highest BCUT2D eigenvalue weighted by atomic mass is 16.4. The first-order valence-electron chi connectivity index (χ1n) is 13.2. The fourth-order valence-corrected chi connectivity index (χ4v) is 3.80. The molecule has 1 aromatic carbocycles. The van der Waals surface area contributed by atoms with Crippen LogP contribution in [-0.2, 0) is 30.4 Å². The topological polar surface area (TPSA) is 278 Å². The largest absolute Gasteiger partial charge is 0.508 e. The number of rotatable bonds is 18. The maximum absolute atomic E-state index is 13.2. The minimum atomic E-state index is -1.37. The van der Waals surface area contributed by atoms with Crippen molar-refractivity contribution in [2.75, 3.05) is 6.54 Å². The zero-order valence-corrected chi connectivity index (χ0v) is 23.3. The van der Waals surface area contributed by atoms with E-state index in [-0.39, 0.29) is 56.3 Å². The van der Waals surface area contributed by atoms with E-state index in [0.29, 0.717) is 12.0 Å². The summed E-state index contributed by atoms with van der Waals surface area (Å²) in [5.41, 5.74) is 22.3. The number of benzene rings is 1. The van der Waals surface area contributed by atoms with Crippen molar-refractivity contribution in [1.29, 1.82) is 0 Å². The molecular weight excluding hydrogens is 536 g/mol. The van der Waals surface area contributed by atoms with E-state index in [1.807, 2.05) is 13.8 Å². The summed E-state index contributed by atoms with van der Waals surface area (Å²) in [6, 6.07) is 1.07. The van der Waals surface area contributed by atoms with Gasteiger partial charge in [-0.3, -0.25) is 24.2 Å². The summed E-state index contributed by atoms with van der Waals surface area (Å²) in [7, 11) is 0. The summed E-state index contributed by atoms with van der Waals surface area (Å²) in [6.45, 7) is 3.94. The molecule has 228 valence electrons. The molecule has 4 atom stereocenters. The number of amides is 4. The Labute approximate surface area is 238 Å².